The fourth-order valence-electron chi connectivity index (χ4n) is 2.78. The zero-order chi connectivity index (χ0) is 22.7. The van der Waals surface area contributed by atoms with Crippen LogP contribution in [0.25, 0.3) is 0 Å². The number of halogens is 4. The van der Waals surface area contributed by atoms with Crippen molar-refractivity contribution in [1.29, 1.82) is 0 Å². The van der Waals surface area contributed by atoms with Gasteiger partial charge in [-0.2, -0.15) is 10.2 Å². The molecule has 1 N–H and O–H groups in total. The number of carbonyl (C=O) groups is 1. The normalized spacial score (nSPS) is 10.9. The van der Waals surface area contributed by atoms with Crippen molar-refractivity contribution in [2.45, 2.75) is 13.3 Å². The van der Waals surface area contributed by atoms with Crippen molar-refractivity contribution in [2.75, 3.05) is 5.32 Å². The summed E-state index contributed by atoms with van der Waals surface area (Å²) in [6.07, 6.45) is 3.23. The van der Waals surface area contributed by atoms with Gasteiger partial charge in [0.2, 0.25) is 0 Å². The van der Waals surface area contributed by atoms with E-state index in [-0.39, 0.29) is 23.3 Å². The highest BCUT2D eigenvalue weighted by Gasteiger charge is 2.15. The summed E-state index contributed by atoms with van der Waals surface area (Å²) in [6, 6.07) is 13.7. The second kappa shape index (κ2) is 9.83. The summed E-state index contributed by atoms with van der Waals surface area (Å²) in [5, 5.41) is 13.1. The fourth-order valence-corrected chi connectivity index (χ4v) is 3.58. The lowest BCUT2D eigenvalue weighted by molar-refractivity contribution is 0.101. The Morgan fingerprint density at radius 1 is 0.906 bits per heavy atom. The first-order chi connectivity index (χ1) is 15.4. The van der Waals surface area contributed by atoms with Gasteiger partial charge >= 0.3 is 0 Å². The van der Waals surface area contributed by atoms with Crippen LogP contribution in [-0.2, 0) is 13.3 Å². The van der Waals surface area contributed by atoms with E-state index in [1.165, 1.54) is 4.68 Å². The van der Waals surface area contributed by atoms with Crippen molar-refractivity contribution in [3.63, 3.8) is 0 Å². The Hall–Kier alpha value is -2.71. The summed E-state index contributed by atoms with van der Waals surface area (Å²) in [5.74, 6) is 0.398. The highest BCUT2D eigenvalue weighted by atomic mass is 35.5. The summed E-state index contributed by atoms with van der Waals surface area (Å²) in [6.45, 7) is 0.494. The smallest absolute Gasteiger partial charge is 0.277 e. The minimum atomic E-state index is -0.452. The summed E-state index contributed by atoms with van der Waals surface area (Å²) in [4.78, 5) is 12.6. The van der Waals surface area contributed by atoms with Crippen LogP contribution in [0.3, 0.4) is 0 Å². The Morgan fingerprint density at radius 3 is 2.41 bits per heavy atom. The molecule has 4 rings (SSSR count). The third kappa shape index (κ3) is 5.55. The third-order valence-electron chi connectivity index (χ3n) is 4.35. The van der Waals surface area contributed by atoms with E-state index in [0.29, 0.717) is 27.4 Å². The molecule has 0 aliphatic heterocycles. The minimum absolute atomic E-state index is 0.131. The third-order valence-corrected chi connectivity index (χ3v) is 5.46. The van der Waals surface area contributed by atoms with Gasteiger partial charge < -0.3 is 10.1 Å². The Labute approximate surface area is 203 Å². The monoisotopic (exact) mass is 509 g/mol. The van der Waals surface area contributed by atoms with Gasteiger partial charge in [0.1, 0.15) is 10.8 Å². The van der Waals surface area contributed by atoms with Gasteiger partial charge in [-0.1, -0.05) is 52.5 Å². The number of aromatic nitrogens is 4. The van der Waals surface area contributed by atoms with E-state index in [4.69, 9.17) is 51.1 Å². The molecule has 1 amide bonds. The molecular formula is C21H15Cl4N5O2. The van der Waals surface area contributed by atoms with Gasteiger partial charge in [0.25, 0.3) is 5.91 Å². The maximum absolute atomic E-state index is 12.6. The van der Waals surface area contributed by atoms with Crippen LogP contribution in [0.2, 0.25) is 20.1 Å². The van der Waals surface area contributed by atoms with Crippen LogP contribution in [-0.4, -0.2) is 25.5 Å². The molecular weight excluding hydrogens is 496 g/mol. The minimum Gasteiger partial charge on any atom is -0.471 e. The van der Waals surface area contributed by atoms with E-state index in [1.807, 2.05) is 0 Å². The number of anilines is 1. The molecule has 7 nitrogen and oxygen atoms in total. The van der Waals surface area contributed by atoms with Crippen LogP contribution in [0.15, 0.2) is 60.9 Å². The molecule has 0 bridgehead atoms. The molecule has 0 spiro atoms. The largest absolute Gasteiger partial charge is 0.471 e. The molecule has 0 atom stereocenters. The molecule has 164 valence electrons. The van der Waals surface area contributed by atoms with Crippen LogP contribution in [0.5, 0.6) is 5.75 Å². The average Bonchev–Trinajstić information content (AvgIpc) is 3.36. The highest BCUT2D eigenvalue weighted by Crippen LogP contribution is 2.24. The van der Waals surface area contributed by atoms with Gasteiger partial charge in [-0.3, -0.25) is 9.48 Å². The average molecular weight is 511 g/mol. The number of nitrogens with one attached hydrogen (secondary N) is 1. The van der Waals surface area contributed by atoms with Gasteiger partial charge in [0.15, 0.2) is 18.2 Å². The summed E-state index contributed by atoms with van der Waals surface area (Å²) in [5.41, 5.74) is 1.00. The van der Waals surface area contributed by atoms with Gasteiger partial charge in [0, 0.05) is 27.5 Å². The van der Waals surface area contributed by atoms with E-state index in [2.05, 4.69) is 15.5 Å². The number of amides is 1. The lowest BCUT2D eigenvalue weighted by Crippen LogP contribution is -2.15. The molecule has 0 fully saturated rings. The molecule has 0 radical (unpaired) electrons. The topological polar surface area (TPSA) is 74.0 Å². The van der Waals surface area contributed by atoms with Crippen molar-refractivity contribution in [3.05, 3.63) is 92.3 Å². The van der Waals surface area contributed by atoms with Gasteiger partial charge in [-0.25, -0.2) is 4.68 Å². The van der Waals surface area contributed by atoms with E-state index in [1.54, 1.807) is 65.6 Å². The number of carbonyl (C=O) groups excluding carboxylic acids is 1. The van der Waals surface area contributed by atoms with E-state index < -0.39 is 5.91 Å². The lowest BCUT2D eigenvalue weighted by atomic mass is 10.2. The zero-order valence-corrected chi connectivity index (χ0v) is 19.3. The predicted octanol–water partition coefficient (Wildman–Crippen LogP) is 6.03. The quantitative estimate of drug-likeness (QED) is 0.329. The van der Waals surface area contributed by atoms with E-state index >= 15 is 0 Å². The zero-order valence-electron chi connectivity index (χ0n) is 16.3. The Morgan fingerprint density at radius 2 is 1.66 bits per heavy atom. The number of hydrogen-bond acceptors (Lipinski definition) is 4. The molecule has 2 heterocycles. The first-order valence-electron chi connectivity index (χ1n) is 9.27. The molecule has 0 aliphatic carbocycles. The molecule has 0 aliphatic rings. The standard InChI is InChI=1S/C21H15Cl4N5O2/c22-14-3-5-16(6-4-14)32-12-29-8-7-19(27-29)21(31)26-20-18(25)11-30(28-20)10-13-1-2-15(23)9-17(13)24/h1-9,11H,10,12H2,(H,26,28,31). The van der Waals surface area contributed by atoms with Gasteiger partial charge in [-0.15, -0.1) is 0 Å². The molecule has 32 heavy (non-hydrogen) atoms. The van der Waals surface area contributed by atoms with Crippen molar-refractivity contribution in [1.82, 2.24) is 19.6 Å². The van der Waals surface area contributed by atoms with Crippen LogP contribution in [0.1, 0.15) is 16.1 Å². The second-order valence-corrected chi connectivity index (χ2v) is 8.37. The number of hydrogen-bond donors (Lipinski definition) is 1. The van der Waals surface area contributed by atoms with Gasteiger partial charge in [-0.05, 0) is 48.0 Å². The number of benzene rings is 2. The van der Waals surface area contributed by atoms with Crippen LogP contribution in [0.4, 0.5) is 5.82 Å². The summed E-state index contributed by atoms with van der Waals surface area (Å²) < 4.78 is 8.68. The molecule has 2 aromatic heterocycles. The lowest BCUT2D eigenvalue weighted by Gasteiger charge is -2.06. The van der Waals surface area contributed by atoms with E-state index in [0.717, 1.165) is 5.56 Å². The first-order valence-corrected chi connectivity index (χ1v) is 10.8. The molecule has 0 saturated carbocycles. The second-order valence-electron chi connectivity index (χ2n) is 6.68. The number of nitrogens with zero attached hydrogens (tertiary/aromatic N) is 4. The molecule has 11 heteroatoms. The molecule has 0 unspecified atom stereocenters. The van der Waals surface area contributed by atoms with Crippen molar-refractivity contribution in [3.8, 4) is 5.75 Å². The number of rotatable bonds is 7. The van der Waals surface area contributed by atoms with Gasteiger partial charge in [0.05, 0.1) is 6.54 Å². The Bertz CT molecular complexity index is 1250. The van der Waals surface area contributed by atoms with Crippen molar-refractivity contribution < 1.29 is 9.53 Å². The number of ether oxygens (including phenoxy) is 1. The summed E-state index contributed by atoms with van der Waals surface area (Å²) >= 11 is 24.2. The maximum Gasteiger partial charge on any atom is 0.277 e. The van der Waals surface area contributed by atoms with Crippen LogP contribution < -0.4 is 10.1 Å². The van der Waals surface area contributed by atoms with Crippen LogP contribution >= 0.6 is 46.4 Å². The first kappa shape index (κ1) is 22.5. The van der Waals surface area contributed by atoms with Crippen molar-refractivity contribution >= 4 is 58.1 Å². The fraction of sp³-hybridized carbons (Fsp3) is 0.0952. The maximum atomic E-state index is 12.6. The predicted molar refractivity (Wildman–Crippen MR) is 125 cm³/mol. The summed E-state index contributed by atoms with van der Waals surface area (Å²) in [7, 11) is 0. The Kier molecular flexibility index (Phi) is 6.91. The molecule has 2 aromatic carbocycles. The van der Waals surface area contributed by atoms with Crippen molar-refractivity contribution in [2.24, 2.45) is 0 Å². The molecule has 0 saturated heterocycles. The molecule has 4 aromatic rings. The van der Waals surface area contributed by atoms with E-state index in [9.17, 15) is 4.79 Å². The van der Waals surface area contributed by atoms with Crippen LogP contribution in [0, 0.1) is 0 Å². The Balaban J connectivity index is 1.38. The SMILES string of the molecule is O=C(Nc1nn(Cc2ccc(Cl)cc2Cl)cc1Cl)c1ccn(COc2ccc(Cl)cc2)n1. The highest BCUT2D eigenvalue weighted by molar-refractivity contribution is 6.35.